The van der Waals surface area contributed by atoms with Gasteiger partial charge >= 0.3 is 0 Å². The minimum Gasteiger partial charge on any atom is -0.469 e. The Labute approximate surface area is 151 Å². The second-order valence-corrected chi connectivity index (χ2v) is 6.50. The molecule has 7 heteroatoms. The normalized spacial score (nSPS) is 15.5. The molecule has 0 radical (unpaired) electrons. The molecule has 4 rings (SSSR count). The molecule has 7 nitrogen and oxygen atoms in total. The van der Waals surface area contributed by atoms with Crippen molar-refractivity contribution in [1.82, 2.24) is 19.8 Å². The quantitative estimate of drug-likeness (QED) is 0.777. The van der Waals surface area contributed by atoms with Crippen LogP contribution >= 0.6 is 0 Å². The Morgan fingerprint density at radius 3 is 2.65 bits per heavy atom. The van der Waals surface area contributed by atoms with Crippen LogP contribution in [0.5, 0.6) is 0 Å². The van der Waals surface area contributed by atoms with E-state index in [4.69, 9.17) is 10.2 Å². The van der Waals surface area contributed by atoms with E-state index in [-0.39, 0.29) is 5.91 Å². The van der Waals surface area contributed by atoms with Gasteiger partial charge in [0.05, 0.1) is 23.9 Å². The average molecular weight is 351 g/mol. The molecule has 1 aliphatic heterocycles. The highest BCUT2D eigenvalue weighted by Crippen LogP contribution is 2.19. The molecule has 26 heavy (non-hydrogen) atoms. The highest BCUT2D eigenvalue weighted by atomic mass is 16.3. The molecule has 2 aromatic heterocycles. The van der Waals surface area contributed by atoms with Crippen LogP contribution in [0.1, 0.15) is 21.9 Å². The standard InChI is InChI=1S/C19H21N5O2/c1-13-14(6-11-26-13)19(25)24-9-7-23(8-10-24)12-17-21-16-5-3-2-4-15(16)18(20)22-17/h2-6,11H,7-10,12H2,1H3,(H2,20,21,22). The van der Waals surface area contributed by atoms with E-state index in [1.54, 1.807) is 12.3 Å². The summed E-state index contributed by atoms with van der Waals surface area (Å²) in [5.41, 5.74) is 7.56. The van der Waals surface area contributed by atoms with Gasteiger partial charge < -0.3 is 15.1 Å². The van der Waals surface area contributed by atoms with Gasteiger partial charge in [-0.2, -0.15) is 0 Å². The number of carbonyl (C=O) groups is 1. The molecule has 0 atom stereocenters. The van der Waals surface area contributed by atoms with Crippen LogP contribution in [0.3, 0.4) is 0 Å². The SMILES string of the molecule is Cc1occc1C(=O)N1CCN(Cc2nc(N)c3ccccc3n2)CC1. The first-order chi connectivity index (χ1) is 12.6. The van der Waals surface area contributed by atoms with Gasteiger partial charge in [0.2, 0.25) is 0 Å². The number of benzene rings is 1. The van der Waals surface area contributed by atoms with Crippen LogP contribution in [0.15, 0.2) is 41.0 Å². The fourth-order valence-corrected chi connectivity index (χ4v) is 3.31. The van der Waals surface area contributed by atoms with Crippen LogP contribution < -0.4 is 5.73 Å². The molecule has 1 saturated heterocycles. The summed E-state index contributed by atoms with van der Waals surface area (Å²) in [7, 11) is 0. The van der Waals surface area contributed by atoms with E-state index in [9.17, 15) is 4.79 Å². The molecule has 0 bridgehead atoms. The molecule has 0 spiro atoms. The molecule has 3 heterocycles. The van der Waals surface area contributed by atoms with E-state index in [2.05, 4.69) is 14.9 Å². The van der Waals surface area contributed by atoms with E-state index in [0.29, 0.717) is 42.6 Å². The highest BCUT2D eigenvalue weighted by Gasteiger charge is 2.24. The number of nitrogens with zero attached hydrogens (tertiary/aromatic N) is 4. The number of aromatic nitrogens is 2. The summed E-state index contributed by atoms with van der Waals surface area (Å²) in [6.07, 6.45) is 1.56. The number of hydrogen-bond donors (Lipinski definition) is 1. The number of furan rings is 1. The lowest BCUT2D eigenvalue weighted by Gasteiger charge is -2.34. The zero-order valence-corrected chi connectivity index (χ0v) is 14.7. The molecule has 2 N–H and O–H groups in total. The molecule has 1 aliphatic rings. The number of fused-ring (bicyclic) bond motifs is 1. The van der Waals surface area contributed by atoms with Crippen molar-refractivity contribution in [3.05, 3.63) is 53.7 Å². The van der Waals surface area contributed by atoms with Gasteiger partial charge in [-0.25, -0.2) is 9.97 Å². The zero-order chi connectivity index (χ0) is 18.1. The number of hydrogen-bond acceptors (Lipinski definition) is 6. The molecular formula is C19H21N5O2. The smallest absolute Gasteiger partial charge is 0.257 e. The number of para-hydroxylation sites is 1. The van der Waals surface area contributed by atoms with Gasteiger partial charge in [-0.3, -0.25) is 9.69 Å². The number of piperazine rings is 1. The number of anilines is 1. The summed E-state index contributed by atoms with van der Waals surface area (Å²) in [5, 5.41) is 0.877. The van der Waals surface area contributed by atoms with Crippen LogP contribution in [0.25, 0.3) is 10.9 Å². The molecular weight excluding hydrogens is 330 g/mol. The van der Waals surface area contributed by atoms with Crippen LogP contribution in [0.4, 0.5) is 5.82 Å². The predicted molar refractivity (Wildman–Crippen MR) is 98.6 cm³/mol. The van der Waals surface area contributed by atoms with Crippen LogP contribution in [-0.4, -0.2) is 51.9 Å². The topological polar surface area (TPSA) is 88.5 Å². The summed E-state index contributed by atoms with van der Waals surface area (Å²) in [6, 6.07) is 9.48. The first-order valence-electron chi connectivity index (χ1n) is 8.68. The largest absolute Gasteiger partial charge is 0.469 e. The van der Waals surface area contributed by atoms with Gasteiger partial charge in [-0.1, -0.05) is 12.1 Å². The summed E-state index contributed by atoms with van der Waals surface area (Å²) in [5.74, 6) is 1.92. The van der Waals surface area contributed by atoms with Gasteiger partial charge in [0.15, 0.2) is 0 Å². The first kappa shape index (κ1) is 16.5. The van der Waals surface area contributed by atoms with Gasteiger partial charge in [0, 0.05) is 31.6 Å². The van der Waals surface area contributed by atoms with E-state index in [1.165, 1.54) is 0 Å². The van der Waals surface area contributed by atoms with Crippen LogP contribution in [0.2, 0.25) is 0 Å². The molecule has 1 amide bonds. The number of amides is 1. The number of nitrogen functional groups attached to an aromatic ring is 1. The molecule has 3 aromatic rings. The highest BCUT2D eigenvalue weighted by molar-refractivity contribution is 5.95. The fraction of sp³-hybridized carbons (Fsp3) is 0.316. The second-order valence-electron chi connectivity index (χ2n) is 6.50. The molecule has 0 aliphatic carbocycles. The fourth-order valence-electron chi connectivity index (χ4n) is 3.31. The maximum Gasteiger partial charge on any atom is 0.257 e. The number of rotatable bonds is 3. The van der Waals surface area contributed by atoms with E-state index < -0.39 is 0 Å². The Hall–Kier alpha value is -2.93. The lowest BCUT2D eigenvalue weighted by atomic mass is 10.2. The van der Waals surface area contributed by atoms with Gasteiger partial charge in [0.1, 0.15) is 17.4 Å². The molecule has 134 valence electrons. The first-order valence-corrected chi connectivity index (χ1v) is 8.68. The molecule has 1 aromatic carbocycles. The van der Waals surface area contributed by atoms with Crippen molar-refractivity contribution in [2.75, 3.05) is 31.9 Å². The summed E-state index contributed by atoms with van der Waals surface area (Å²) < 4.78 is 5.24. The van der Waals surface area contributed by atoms with Crippen molar-refractivity contribution >= 4 is 22.6 Å². The van der Waals surface area contributed by atoms with Crippen molar-refractivity contribution in [2.24, 2.45) is 0 Å². The maximum atomic E-state index is 12.5. The second kappa shape index (κ2) is 6.76. The number of aryl methyl sites for hydroxylation is 1. The number of carbonyl (C=O) groups excluding carboxylic acids is 1. The molecule has 0 unspecified atom stereocenters. The molecule has 1 fully saturated rings. The lowest BCUT2D eigenvalue weighted by molar-refractivity contribution is 0.0624. The van der Waals surface area contributed by atoms with E-state index >= 15 is 0 Å². The summed E-state index contributed by atoms with van der Waals surface area (Å²) in [6.45, 7) is 5.34. The monoisotopic (exact) mass is 351 g/mol. The van der Waals surface area contributed by atoms with E-state index in [1.807, 2.05) is 36.1 Å². The Balaban J connectivity index is 1.41. The minimum absolute atomic E-state index is 0.0297. The molecule has 0 saturated carbocycles. The number of nitrogens with two attached hydrogens (primary N) is 1. The lowest BCUT2D eigenvalue weighted by Crippen LogP contribution is -2.48. The Kier molecular flexibility index (Phi) is 4.30. The van der Waals surface area contributed by atoms with Gasteiger partial charge in [-0.15, -0.1) is 0 Å². The van der Waals surface area contributed by atoms with Gasteiger partial charge in [0.25, 0.3) is 5.91 Å². The van der Waals surface area contributed by atoms with Crippen LogP contribution in [-0.2, 0) is 6.54 Å². The van der Waals surface area contributed by atoms with E-state index in [0.717, 1.165) is 24.0 Å². The average Bonchev–Trinajstić information content (AvgIpc) is 3.08. The maximum absolute atomic E-state index is 12.5. The predicted octanol–water partition coefficient (Wildman–Crippen LogP) is 2.07. The third kappa shape index (κ3) is 3.13. The Morgan fingerprint density at radius 2 is 1.92 bits per heavy atom. The summed E-state index contributed by atoms with van der Waals surface area (Å²) >= 11 is 0. The van der Waals surface area contributed by atoms with Gasteiger partial charge in [-0.05, 0) is 25.1 Å². The van der Waals surface area contributed by atoms with Crippen LogP contribution in [0, 0.1) is 6.92 Å². The van der Waals surface area contributed by atoms with Crippen molar-refractivity contribution < 1.29 is 9.21 Å². The van der Waals surface area contributed by atoms with Crippen molar-refractivity contribution in [3.8, 4) is 0 Å². The summed E-state index contributed by atoms with van der Waals surface area (Å²) in [4.78, 5) is 25.7. The Bertz CT molecular complexity index is 944. The van der Waals surface area contributed by atoms with Crippen molar-refractivity contribution in [3.63, 3.8) is 0 Å². The van der Waals surface area contributed by atoms with Crippen molar-refractivity contribution in [2.45, 2.75) is 13.5 Å². The third-order valence-corrected chi connectivity index (χ3v) is 4.79. The third-order valence-electron chi connectivity index (χ3n) is 4.79. The minimum atomic E-state index is 0.0297. The van der Waals surface area contributed by atoms with Crippen molar-refractivity contribution in [1.29, 1.82) is 0 Å². The Morgan fingerprint density at radius 1 is 1.15 bits per heavy atom. The zero-order valence-electron chi connectivity index (χ0n) is 14.7.